The lowest BCUT2D eigenvalue weighted by atomic mass is 9.92. The van der Waals surface area contributed by atoms with Crippen LogP contribution in [-0.4, -0.2) is 39.7 Å². The van der Waals surface area contributed by atoms with E-state index in [0.29, 0.717) is 19.4 Å². The Morgan fingerprint density at radius 2 is 2.30 bits per heavy atom. The minimum Gasteiger partial charge on any atom is -0.345 e. The van der Waals surface area contributed by atoms with Crippen molar-refractivity contribution >= 4 is 5.91 Å². The molecule has 0 radical (unpaired) electrons. The SMILES string of the molecule is CCn1ncc(C(=O)N[C@@H]2CCCC[C@H]2OC(F)F)n1. The van der Waals surface area contributed by atoms with Gasteiger partial charge in [-0.05, 0) is 19.8 Å². The Bertz CT molecular complexity index is 452. The number of ether oxygens (including phenoxy) is 1. The predicted molar refractivity (Wildman–Crippen MR) is 66.3 cm³/mol. The van der Waals surface area contributed by atoms with Crippen LogP contribution in [0.3, 0.4) is 0 Å². The second-order valence-corrected chi connectivity index (χ2v) is 4.72. The highest BCUT2D eigenvalue weighted by molar-refractivity contribution is 5.92. The molecule has 0 saturated heterocycles. The van der Waals surface area contributed by atoms with Gasteiger partial charge in [0.05, 0.1) is 24.9 Å². The third-order valence-electron chi connectivity index (χ3n) is 3.35. The summed E-state index contributed by atoms with van der Waals surface area (Å²) in [5.74, 6) is -0.403. The number of hydrogen-bond acceptors (Lipinski definition) is 4. The molecule has 1 saturated carbocycles. The number of halogens is 2. The number of carbonyl (C=O) groups excluding carboxylic acids is 1. The molecule has 8 heteroatoms. The van der Waals surface area contributed by atoms with Crippen LogP contribution in [0.25, 0.3) is 0 Å². The van der Waals surface area contributed by atoms with Crippen molar-refractivity contribution in [1.29, 1.82) is 0 Å². The molecule has 1 aliphatic carbocycles. The molecular formula is C12H18F2N4O2. The standard InChI is InChI=1S/C12H18F2N4O2/c1-2-18-15-7-9(17-18)11(19)16-8-5-3-4-6-10(8)20-12(13)14/h7-8,10,12H,2-6H2,1H3,(H,16,19)/t8-,10-/m1/s1. The van der Waals surface area contributed by atoms with Crippen molar-refractivity contribution in [3.63, 3.8) is 0 Å². The first-order valence-corrected chi connectivity index (χ1v) is 6.74. The highest BCUT2D eigenvalue weighted by Gasteiger charge is 2.30. The number of alkyl halides is 2. The van der Waals surface area contributed by atoms with Gasteiger partial charge in [0.25, 0.3) is 5.91 Å². The number of amides is 1. The number of aromatic nitrogens is 3. The van der Waals surface area contributed by atoms with Crippen molar-refractivity contribution in [2.24, 2.45) is 0 Å². The Morgan fingerprint density at radius 3 is 2.95 bits per heavy atom. The summed E-state index contributed by atoms with van der Waals surface area (Å²) in [6, 6.07) is -0.406. The molecule has 2 rings (SSSR count). The van der Waals surface area contributed by atoms with E-state index in [0.717, 1.165) is 12.8 Å². The van der Waals surface area contributed by atoms with Gasteiger partial charge in [0.2, 0.25) is 0 Å². The summed E-state index contributed by atoms with van der Waals surface area (Å²) in [7, 11) is 0. The predicted octanol–water partition coefficient (Wildman–Crippen LogP) is 1.58. The molecule has 1 N–H and O–H groups in total. The lowest BCUT2D eigenvalue weighted by Crippen LogP contribution is -2.47. The highest BCUT2D eigenvalue weighted by atomic mass is 19.3. The van der Waals surface area contributed by atoms with Crippen molar-refractivity contribution in [3.8, 4) is 0 Å². The van der Waals surface area contributed by atoms with Gasteiger partial charge < -0.3 is 10.1 Å². The molecule has 1 fully saturated rings. The molecule has 6 nitrogen and oxygen atoms in total. The van der Waals surface area contributed by atoms with Crippen molar-refractivity contribution in [3.05, 3.63) is 11.9 Å². The van der Waals surface area contributed by atoms with Crippen molar-refractivity contribution < 1.29 is 18.3 Å². The first-order valence-electron chi connectivity index (χ1n) is 6.74. The van der Waals surface area contributed by atoms with Crippen molar-refractivity contribution in [2.45, 2.75) is 57.9 Å². The lowest BCUT2D eigenvalue weighted by Gasteiger charge is -2.31. The van der Waals surface area contributed by atoms with Crippen LogP contribution in [-0.2, 0) is 11.3 Å². The van der Waals surface area contributed by atoms with E-state index in [1.807, 2.05) is 6.92 Å². The fraction of sp³-hybridized carbons (Fsp3) is 0.750. The number of rotatable bonds is 5. The fourth-order valence-corrected chi connectivity index (χ4v) is 2.35. The zero-order valence-corrected chi connectivity index (χ0v) is 11.3. The third-order valence-corrected chi connectivity index (χ3v) is 3.35. The fourth-order valence-electron chi connectivity index (χ4n) is 2.35. The quantitative estimate of drug-likeness (QED) is 0.893. The molecule has 0 aliphatic heterocycles. The average Bonchev–Trinajstić information content (AvgIpc) is 2.89. The van der Waals surface area contributed by atoms with Gasteiger partial charge in [-0.3, -0.25) is 4.79 Å². The van der Waals surface area contributed by atoms with E-state index in [4.69, 9.17) is 0 Å². The zero-order chi connectivity index (χ0) is 14.5. The molecule has 1 aromatic heterocycles. The molecule has 0 spiro atoms. The molecule has 1 aliphatic rings. The minimum atomic E-state index is -2.82. The van der Waals surface area contributed by atoms with Crippen LogP contribution in [0.1, 0.15) is 43.1 Å². The second kappa shape index (κ2) is 6.74. The van der Waals surface area contributed by atoms with Crippen LogP contribution in [0.2, 0.25) is 0 Å². The van der Waals surface area contributed by atoms with E-state index in [1.165, 1.54) is 11.0 Å². The molecule has 1 heterocycles. The average molecular weight is 288 g/mol. The number of carbonyl (C=O) groups is 1. The Kier molecular flexibility index (Phi) is 4.99. The molecule has 0 aromatic carbocycles. The van der Waals surface area contributed by atoms with Gasteiger partial charge in [-0.25, -0.2) is 0 Å². The third kappa shape index (κ3) is 3.72. The van der Waals surface area contributed by atoms with Crippen LogP contribution < -0.4 is 5.32 Å². The Morgan fingerprint density at radius 1 is 1.55 bits per heavy atom. The van der Waals surface area contributed by atoms with Gasteiger partial charge >= 0.3 is 6.61 Å². The van der Waals surface area contributed by atoms with Gasteiger partial charge in [0.15, 0.2) is 5.69 Å². The molecule has 1 aromatic rings. The Balaban J connectivity index is 1.97. The molecule has 20 heavy (non-hydrogen) atoms. The van der Waals surface area contributed by atoms with Crippen molar-refractivity contribution in [2.75, 3.05) is 0 Å². The molecule has 0 bridgehead atoms. The summed E-state index contributed by atoms with van der Waals surface area (Å²) in [6.07, 6.45) is 3.59. The van der Waals surface area contributed by atoms with Crippen LogP contribution in [0, 0.1) is 0 Å². The first-order chi connectivity index (χ1) is 9.60. The van der Waals surface area contributed by atoms with E-state index < -0.39 is 24.7 Å². The summed E-state index contributed by atoms with van der Waals surface area (Å²) in [4.78, 5) is 13.4. The Hall–Kier alpha value is -1.57. The molecule has 0 unspecified atom stereocenters. The van der Waals surface area contributed by atoms with Crippen molar-refractivity contribution in [1.82, 2.24) is 20.3 Å². The maximum absolute atomic E-state index is 12.3. The summed E-state index contributed by atoms with van der Waals surface area (Å²) in [5.41, 5.74) is 0.188. The molecule has 2 atom stereocenters. The second-order valence-electron chi connectivity index (χ2n) is 4.72. The van der Waals surface area contributed by atoms with E-state index in [-0.39, 0.29) is 5.69 Å². The lowest BCUT2D eigenvalue weighted by molar-refractivity contribution is -0.175. The largest absolute Gasteiger partial charge is 0.345 e. The van der Waals surface area contributed by atoms with Gasteiger partial charge in [-0.1, -0.05) is 12.8 Å². The molecular weight excluding hydrogens is 270 g/mol. The number of hydrogen-bond donors (Lipinski definition) is 1. The summed E-state index contributed by atoms with van der Waals surface area (Å²) in [5, 5.41) is 10.6. The normalized spacial score (nSPS) is 23.0. The topological polar surface area (TPSA) is 69.0 Å². The smallest absolute Gasteiger partial charge is 0.345 e. The summed E-state index contributed by atoms with van der Waals surface area (Å²) in [6.45, 7) is -0.401. The van der Waals surface area contributed by atoms with Crippen LogP contribution >= 0.6 is 0 Å². The maximum atomic E-state index is 12.3. The van der Waals surface area contributed by atoms with E-state index in [1.54, 1.807) is 0 Å². The number of aryl methyl sites for hydroxylation is 1. The van der Waals surface area contributed by atoms with Gasteiger partial charge in [0, 0.05) is 0 Å². The molecule has 112 valence electrons. The van der Waals surface area contributed by atoms with Crippen LogP contribution in [0.5, 0.6) is 0 Å². The van der Waals surface area contributed by atoms with E-state index in [2.05, 4.69) is 20.3 Å². The monoisotopic (exact) mass is 288 g/mol. The number of nitrogens with one attached hydrogen (secondary N) is 1. The summed E-state index contributed by atoms with van der Waals surface area (Å²) < 4.78 is 29.3. The van der Waals surface area contributed by atoms with Crippen LogP contribution in [0.4, 0.5) is 8.78 Å². The summed E-state index contributed by atoms with van der Waals surface area (Å²) >= 11 is 0. The minimum absolute atomic E-state index is 0.188. The van der Waals surface area contributed by atoms with E-state index in [9.17, 15) is 13.6 Å². The number of nitrogens with zero attached hydrogens (tertiary/aromatic N) is 3. The van der Waals surface area contributed by atoms with Gasteiger partial charge in [0.1, 0.15) is 0 Å². The molecule has 1 amide bonds. The zero-order valence-electron chi connectivity index (χ0n) is 11.3. The van der Waals surface area contributed by atoms with E-state index >= 15 is 0 Å². The van der Waals surface area contributed by atoms with Gasteiger partial charge in [-0.15, -0.1) is 5.10 Å². The van der Waals surface area contributed by atoms with Crippen LogP contribution in [0.15, 0.2) is 6.20 Å². The van der Waals surface area contributed by atoms with Gasteiger partial charge in [-0.2, -0.15) is 18.7 Å². The Labute approximate surface area is 115 Å². The highest BCUT2D eigenvalue weighted by Crippen LogP contribution is 2.23. The first kappa shape index (κ1) is 14.8. The maximum Gasteiger partial charge on any atom is 0.345 e.